The van der Waals surface area contributed by atoms with Crippen LogP contribution in [0.2, 0.25) is 0 Å². The van der Waals surface area contributed by atoms with Gasteiger partial charge in [-0.05, 0) is 50.8 Å². The van der Waals surface area contributed by atoms with Crippen molar-refractivity contribution >= 4 is 0 Å². The molecule has 3 rings (SSSR count). The number of likely N-dealkylation sites (tertiary alicyclic amines) is 1. The molecule has 0 saturated carbocycles. The lowest BCUT2D eigenvalue weighted by Gasteiger charge is -2.35. The summed E-state index contributed by atoms with van der Waals surface area (Å²) < 4.78 is 11.1. The molecule has 0 unspecified atom stereocenters. The summed E-state index contributed by atoms with van der Waals surface area (Å²) in [6, 6.07) is 7.71. The minimum absolute atomic E-state index is 0.350. The highest BCUT2D eigenvalue weighted by Gasteiger charge is 2.25. The quantitative estimate of drug-likeness (QED) is 0.732. The molecule has 2 aliphatic rings. The summed E-state index contributed by atoms with van der Waals surface area (Å²) in [5.74, 6) is 1.13. The predicted molar refractivity (Wildman–Crippen MR) is 103 cm³/mol. The van der Waals surface area contributed by atoms with Gasteiger partial charge in [-0.2, -0.15) is 0 Å². The molecule has 0 aliphatic carbocycles. The van der Waals surface area contributed by atoms with Crippen LogP contribution >= 0.6 is 0 Å². The lowest BCUT2D eigenvalue weighted by atomic mass is 9.95. The Hall–Kier alpha value is -1.14. The number of methoxy groups -OCH3 is 1. The van der Waals surface area contributed by atoms with Gasteiger partial charge in [-0.25, -0.2) is 0 Å². The number of aromatic hydroxyl groups is 1. The highest BCUT2D eigenvalue weighted by Crippen LogP contribution is 2.24. The summed E-state index contributed by atoms with van der Waals surface area (Å²) in [6.45, 7) is 7.95. The molecular weight excluding hydrogens is 328 g/mol. The lowest BCUT2D eigenvalue weighted by Crippen LogP contribution is -2.41. The fraction of sp³-hybridized carbons (Fsp3) is 0.714. The maximum Gasteiger partial charge on any atom is 0.120 e. The van der Waals surface area contributed by atoms with Crippen LogP contribution in [0.4, 0.5) is 0 Å². The van der Waals surface area contributed by atoms with Crippen LogP contribution in [0, 0.1) is 5.92 Å². The average molecular weight is 363 g/mol. The van der Waals surface area contributed by atoms with Gasteiger partial charge in [0.1, 0.15) is 5.75 Å². The van der Waals surface area contributed by atoms with Gasteiger partial charge in [0, 0.05) is 45.5 Å². The van der Waals surface area contributed by atoms with E-state index in [1.807, 2.05) is 18.2 Å². The summed E-state index contributed by atoms with van der Waals surface area (Å²) >= 11 is 0. The molecule has 5 heteroatoms. The first-order chi connectivity index (χ1) is 12.7. The minimum atomic E-state index is 0.350. The molecule has 26 heavy (non-hydrogen) atoms. The van der Waals surface area contributed by atoms with Gasteiger partial charge in [0.05, 0.1) is 12.7 Å². The van der Waals surface area contributed by atoms with Crippen molar-refractivity contribution in [3.05, 3.63) is 29.8 Å². The number of ether oxygens (including phenoxy) is 2. The van der Waals surface area contributed by atoms with Crippen molar-refractivity contribution in [2.24, 2.45) is 5.92 Å². The van der Waals surface area contributed by atoms with E-state index in [1.54, 1.807) is 13.2 Å². The normalized spacial score (nSPS) is 22.3. The monoisotopic (exact) mass is 362 g/mol. The molecule has 0 amide bonds. The number of hydrogen-bond acceptors (Lipinski definition) is 5. The number of para-hydroxylation sites is 1. The van der Waals surface area contributed by atoms with E-state index in [2.05, 4.69) is 9.80 Å². The van der Waals surface area contributed by atoms with Crippen molar-refractivity contribution in [2.75, 3.05) is 53.0 Å². The fourth-order valence-corrected chi connectivity index (χ4v) is 4.14. The van der Waals surface area contributed by atoms with Gasteiger partial charge in [0.15, 0.2) is 0 Å². The highest BCUT2D eigenvalue weighted by atomic mass is 16.5. The number of phenols is 1. The zero-order chi connectivity index (χ0) is 18.2. The molecule has 0 aromatic heterocycles. The summed E-state index contributed by atoms with van der Waals surface area (Å²) in [5.41, 5.74) is 1.02. The van der Waals surface area contributed by atoms with Crippen LogP contribution in [0.15, 0.2) is 24.3 Å². The third-order valence-corrected chi connectivity index (χ3v) is 5.71. The molecule has 2 heterocycles. The number of phenolic OH excluding ortho intramolecular Hbond substituents is 1. The van der Waals surface area contributed by atoms with Crippen LogP contribution in [0.3, 0.4) is 0 Å². The zero-order valence-electron chi connectivity index (χ0n) is 16.1. The Balaban J connectivity index is 1.54. The van der Waals surface area contributed by atoms with E-state index in [4.69, 9.17) is 9.47 Å². The Morgan fingerprint density at radius 3 is 2.69 bits per heavy atom. The molecule has 146 valence electrons. The number of benzene rings is 1. The Labute approximate surface area is 157 Å². The lowest BCUT2D eigenvalue weighted by molar-refractivity contribution is 0.0549. The van der Waals surface area contributed by atoms with E-state index in [0.717, 1.165) is 57.3 Å². The average Bonchev–Trinajstić information content (AvgIpc) is 3.16. The van der Waals surface area contributed by atoms with Gasteiger partial charge in [-0.1, -0.05) is 18.2 Å². The summed E-state index contributed by atoms with van der Waals surface area (Å²) in [6.07, 6.45) is 5.17. The summed E-state index contributed by atoms with van der Waals surface area (Å²) in [5, 5.41) is 10.2. The molecule has 5 nitrogen and oxygen atoms in total. The molecule has 1 aromatic rings. The van der Waals surface area contributed by atoms with Crippen LogP contribution in [-0.2, 0) is 16.0 Å². The Bertz CT molecular complexity index is 526. The molecule has 1 N–H and O–H groups in total. The molecule has 1 aromatic carbocycles. The first kappa shape index (κ1) is 19.6. The predicted octanol–water partition coefficient (Wildman–Crippen LogP) is 2.73. The number of nitrogens with zero attached hydrogens (tertiary/aromatic N) is 2. The second-order valence-electron chi connectivity index (χ2n) is 7.74. The standard InChI is InChI=1S/C21H34N2O3/c1-25-14-12-22-10-8-18(9-11-22)15-23(17-20-6-4-13-26-20)16-19-5-2-3-7-21(19)24/h2-3,5,7,18,20,24H,4,6,8-17H2,1H3/t20-/m1/s1. The first-order valence-electron chi connectivity index (χ1n) is 10.1. The van der Waals surface area contributed by atoms with Crippen LogP contribution in [0.5, 0.6) is 5.75 Å². The van der Waals surface area contributed by atoms with E-state index in [-0.39, 0.29) is 0 Å². The van der Waals surface area contributed by atoms with Gasteiger partial charge in [-0.15, -0.1) is 0 Å². The SMILES string of the molecule is COCCN1CCC(CN(Cc2ccccc2O)C[C@H]2CCCO2)CC1. The second-order valence-corrected chi connectivity index (χ2v) is 7.74. The van der Waals surface area contributed by atoms with Crippen molar-refractivity contribution in [3.63, 3.8) is 0 Å². The summed E-state index contributed by atoms with van der Waals surface area (Å²) in [7, 11) is 1.77. The molecule has 2 aliphatic heterocycles. The molecule has 1 atom stereocenters. The van der Waals surface area contributed by atoms with E-state index < -0.39 is 0 Å². The summed E-state index contributed by atoms with van der Waals surface area (Å²) in [4.78, 5) is 5.01. The molecule has 2 fully saturated rings. The van der Waals surface area contributed by atoms with Crippen molar-refractivity contribution in [1.82, 2.24) is 9.80 Å². The maximum atomic E-state index is 10.2. The van der Waals surface area contributed by atoms with Crippen LogP contribution in [0.1, 0.15) is 31.2 Å². The van der Waals surface area contributed by atoms with Gasteiger partial charge >= 0.3 is 0 Å². The van der Waals surface area contributed by atoms with E-state index in [0.29, 0.717) is 11.9 Å². The number of rotatable bonds is 9. The van der Waals surface area contributed by atoms with Gasteiger partial charge in [-0.3, -0.25) is 4.90 Å². The van der Waals surface area contributed by atoms with Crippen molar-refractivity contribution in [3.8, 4) is 5.75 Å². The van der Waals surface area contributed by atoms with Crippen LogP contribution in [0.25, 0.3) is 0 Å². The molecule has 0 radical (unpaired) electrons. The van der Waals surface area contributed by atoms with E-state index in [1.165, 1.54) is 32.4 Å². The topological polar surface area (TPSA) is 45.2 Å². The zero-order valence-corrected chi connectivity index (χ0v) is 16.1. The van der Waals surface area contributed by atoms with Crippen molar-refractivity contribution in [2.45, 2.75) is 38.3 Å². The van der Waals surface area contributed by atoms with Crippen molar-refractivity contribution in [1.29, 1.82) is 0 Å². The Kier molecular flexibility index (Phi) is 7.74. The van der Waals surface area contributed by atoms with Gasteiger partial charge in [0.2, 0.25) is 0 Å². The second kappa shape index (κ2) is 10.3. The largest absolute Gasteiger partial charge is 0.508 e. The van der Waals surface area contributed by atoms with Crippen LogP contribution in [-0.4, -0.2) is 74.1 Å². The molecule has 0 spiro atoms. The molecule has 2 saturated heterocycles. The Morgan fingerprint density at radius 1 is 1.19 bits per heavy atom. The van der Waals surface area contributed by atoms with Gasteiger partial charge < -0.3 is 19.5 Å². The molecular formula is C21H34N2O3. The van der Waals surface area contributed by atoms with Gasteiger partial charge in [0.25, 0.3) is 0 Å². The first-order valence-corrected chi connectivity index (χ1v) is 10.1. The fourth-order valence-electron chi connectivity index (χ4n) is 4.14. The minimum Gasteiger partial charge on any atom is -0.508 e. The van der Waals surface area contributed by atoms with Crippen molar-refractivity contribution < 1.29 is 14.6 Å². The van der Waals surface area contributed by atoms with E-state index >= 15 is 0 Å². The smallest absolute Gasteiger partial charge is 0.120 e. The third-order valence-electron chi connectivity index (χ3n) is 5.71. The molecule has 0 bridgehead atoms. The number of hydrogen-bond donors (Lipinski definition) is 1. The third kappa shape index (κ3) is 5.95. The maximum absolute atomic E-state index is 10.2. The Morgan fingerprint density at radius 2 is 2.00 bits per heavy atom. The van der Waals surface area contributed by atoms with Crippen LogP contribution < -0.4 is 0 Å². The van der Waals surface area contributed by atoms with E-state index in [9.17, 15) is 5.11 Å². The highest BCUT2D eigenvalue weighted by molar-refractivity contribution is 5.31. The number of piperidine rings is 1.